The third-order valence-corrected chi connectivity index (χ3v) is 3.28. The second-order valence-corrected chi connectivity index (χ2v) is 6.77. The Hall–Kier alpha value is -0.160. The first kappa shape index (κ1) is 19.8. The molecule has 0 spiro atoms. The lowest BCUT2D eigenvalue weighted by Gasteiger charge is -2.34. The van der Waals surface area contributed by atoms with Crippen LogP contribution in [0.5, 0.6) is 0 Å². The molecule has 0 aliphatic carbocycles. The van der Waals surface area contributed by atoms with Crippen LogP contribution < -0.4 is 5.32 Å². The third-order valence-electron chi connectivity index (χ3n) is 3.28. The van der Waals surface area contributed by atoms with Crippen LogP contribution in [0.2, 0.25) is 0 Å². The van der Waals surface area contributed by atoms with E-state index in [0.717, 1.165) is 25.9 Å². The molecule has 0 saturated carbocycles. The van der Waals surface area contributed by atoms with Gasteiger partial charge in [-0.25, -0.2) is 0 Å². The largest absolute Gasteiger partial charge is 0.394 e. The van der Waals surface area contributed by atoms with Crippen molar-refractivity contribution in [1.82, 2.24) is 5.32 Å². The lowest BCUT2D eigenvalue weighted by atomic mass is 9.90. The molecule has 4 nitrogen and oxygen atoms in total. The Bertz CT molecular complexity index is 232. The predicted octanol–water partition coefficient (Wildman–Crippen LogP) is 2.74. The molecule has 0 rings (SSSR count). The minimum Gasteiger partial charge on any atom is -0.394 e. The average Bonchev–Trinajstić information content (AvgIpc) is 2.34. The van der Waals surface area contributed by atoms with Crippen molar-refractivity contribution in [3.05, 3.63) is 0 Å². The molecule has 1 unspecified atom stereocenters. The summed E-state index contributed by atoms with van der Waals surface area (Å²) in [4.78, 5) is 0. The van der Waals surface area contributed by atoms with Crippen molar-refractivity contribution in [2.24, 2.45) is 0 Å². The molecule has 1 atom stereocenters. The Morgan fingerprint density at radius 3 is 2.20 bits per heavy atom. The van der Waals surface area contributed by atoms with E-state index in [-0.39, 0.29) is 17.7 Å². The Kier molecular flexibility index (Phi) is 9.64. The summed E-state index contributed by atoms with van der Waals surface area (Å²) in [5.41, 5.74) is -0.266. The van der Waals surface area contributed by atoms with Crippen LogP contribution in [0, 0.1) is 0 Å². The Morgan fingerprint density at radius 1 is 1.10 bits per heavy atom. The first-order chi connectivity index (χ1) is 9.24. The van der Waals surface area contributed by atoms with Gasteiger partial charge in [-0.05, 0) is 40.0 Å². The fourth-order valence-corrected chi connectivity index (χ4v) is 2.22. The lowest BCUT2D eigenvalue weighted by molar-refractivity contribution is -0.0359. The van der Waals surface area contributed by atoms with Crippen molar-refractivity contribution in [2.45, 2.75) is 78.0 Å². The fourth-order valence-electron chi connectivity index (χ4n) is 2.22. The van der Waals surface area contributed by atoms with Gasteiger partial charge in [0.15, 0.2) is 0 Å². The number of ether oxygens (including phenoxy) is 2. The fraction of sp³-hybridized carbons (Fsp3) is 1.00. The van der Waals surface area contributed by atoms with E-state index in [9.17, 15) is 5.11 Å². The summed E-state index contributed by atoms with van der Waals surface area (Å²) in [5, 5.41) is 13.1. The van der Waals surface area contributed by atoms with Gasteiger partial charge in [0.2, 0.25) is 0 Å². The van der Waals surface area contributed by atoms with Gasteiger partial charge in [0, 0.05) is 18.2 Å². The van der Waals surface area contributed by atoms with Gasteiger partial charge in [-0.3, -0.25) is 0 Å². The zero-order chi connectivity index (χ0) is 15.6. The van der Waals surface area contributed by atoms with E-state index >= 15 is 0 Å². The van der Waals surface area contributed by atoms with Crippen molar-refractivity contribution in [2.75, 3.05) is 26.4 Å². The van der Waals surface area contributed by atoms with E-state index in [0.29, 0.717) is 19.3 Å². The number of nitrogens with one attached hydrogen (secondary N) is 1. The number of aliphatic hydroxyl groups excluding tert-OH is 1. The standard InChI is InChI=1S/C16H35NO3/c1-7-16(13-18,17-14(2)3)9-8-10-19-11-12-20-15(4,5)6/h14,17-18H,7-13H2,1-6H3. The molecule has 20 heavy (non-hydrogen) atoms. The summed E-state index contributed by atoms with van der Waals surface area (Å²) in [6.07, 6.45) is 2.80. The molecule has 0 amide bonds. The molecule has 0 aliphatic rings. The van der Waals surface area contributed by atoms with Crippen molar-refractivity contribution in [3.63, 3.8) is 0 Å². The van der Waals surface area contributed by atoms with Gasteiger partial charge in [0.1, 0.15) is 0 Å². The Balaban J connectivity index is 3.79. The summed E-state index contributed by atoms with van der Waals surface area (Å²) in [5.74, 6) is 0. The van der Waals surface area contributed by atoms with Crippen LogP contribution in [0.25, 0.3) is 0 Å². The topological polar surface area (TPSA) is 50.7 Å². The van der Waals surface area contributed by atoms with Crippen LogP contribution in [0.3, 0.4) is 0 Å². The van der Waals surface area contributed by atoms with Gasteiger partial charge < -0.3 is 19.9 Å². The zero-order valence-electron chi connectivity index (χ0n) is 14.3. The molecule has 0 aliphatic heterocycles. The van der Waals surface area contributed by atoms with Crippen LogP contribution in [-0.2, 0) is 9.47 Å². The van der Waals surface area contributed by atoms with Gasteiger partial charge in [0.05, 0.1) is 25.4 Å². The highest BCUT2D eigenvalue weighted by molar-refractivity contribution is 4.87. The van der Waals surface area contributed by atoms with Gasteiger partial charge in [0.25, 0.3) is 0 Å². The Morgan fingerprint density at radius 2 is 1.75 bits per heavy atom. The highest BCUT2D eigenvalue weighted by atomic mass is 16.5. The quantitative estimate of drug-likeness (QED) is 0.574. The van der Waals surface area contributed by atoms with Crippen molar-refractivity contribution in [3.8, 4) is 0 Å². The summed E-state index contributed by atoms with van der Waals surface area (Å²) < 4.78 is 11.2. The minimum atomic E-state index is -0.167. The first-order valence-electron chi connectivity index (χ1n) is 7.85. The monoisotopic (exact) mass is 289 g/mol. The van der Waals surface area contributed by atoms with E-state index in [1.807, 2.05) is 20.8 Å². The van der Waals surface area contributed by atoms with Gasteiger partial charge in [-0.15, -0.1) is 0 Å². The molecule has 0 aromatic carbocycles. The van der Waals surface area contributed by atoms with Gasteiger partial charge in [-0.2, -0.15) is 0 Å². The highest BCUT2D eigenvalue weighted by Crippen LogP contribution is 2.18. The summed E-state index contributed by atoms with van der Waals surface area (Å²) in [6.45, 7) is 14.6. The smallest absolute Gasteiger partial charge is 0.0707 e. The maximum absolute atomic E-state index is 9.63. The highest BCUT2D eigenvalue weighted by Gasteiger charge is 2.27. The predicted molar refractivity (Wildman–Crippen MR) is 84.1 cm³/mol. The number of rotatable bonds is 11. The summed E-state index contributed by atoms with van der Waals surface area (Å²) in [6, 6.07) is 0.378. The molecule has 0 aromatic rings. The normalized spacial score (nSPS) is 15.6. The van der Waals surface area contributed by atoms with Crippen LogP contribution in [-0.4, -0.2) is 48.7 Å². The van der Waals surface area contributed by atoms with E-state index in [4.69, 9.17) is 9.47 Å². The van der Waals surface area contributed by atoms with Gasteiger partial charge >= 0.3 is 0 Å². The Labute approximate surface area is 125 Å². The van der Waals surface area contributed by atoms with Crippen LogP contribution >= 0.6 is 0 Å². The molecule has 0 fully saturated rings. The van der Waals surface area contributed by atoms with E-state index in [1.54, 1.807) is 0 Å². The van der Waals surface area contributed by atoms with Gasteiger partial charge in [-0.1, -0.05) is 20.8 Å². The number of hydrogen-bond acceptors (Lipinski definition) is 4. The van der Waals surface area contributed by atoms with Crippen LogP contribution in [0.4, 0.5) is 0 Å². The molecule has 122 valence electrons. The zero-order valence-corrected chi connectivity index (χ0v) is 14.3. The second kappa shape index (κ2) is 9.72. The minimum absolute atomic E-state index is 0.0984. The maximum Gasteiger partial charge on any atom is 0.0707 e. The van der Waals surface area contributed by atoms with Crippen molar-refractivity contribution >= 4 is 0 Å². The molecule has 0 bridgehead atoms. The van der Waals surface area contributed by atoms with Crippen LogP contribution in [0.15, 0.2) is 0 Å². The SMILES string of the molecule is CCC(CO)(CCCOCCOC(C)(C)C)NC(C)C. The van der Waals surface area contributed by atoms with E-state index in [1.165, 1.54) is 0 Å². The molecule has 0 radical (unpaired) electrons. The molecule has 0 aromatic heterocycles. The number of hydrogen-bond donors (Lipinski definition) is 2. The second-order valence-electron chi connectivity index (χ2n) is 6.77. The summed E-state index contributed by atoms with van der Waals surface area (Å²) >= 11 is 0. The third kappa shape index (κ3) is 9.70. The van der Waals surface area contributed by atoms with Crippen LogP contribution in [0.1, 0.15) is 60.8 Å². The maximum atomic E-state index is 9.63. The van der Waals surface area contributed by atoms with Crippen molar-refractivity contribution in [1.29, 1.82) is 0 Å². The summed E-state index contributed by atoms with van der Waals surface area (Å²) in [7, 11) is 0. The molecule has 0 heterocycles. The molecular weight excluding hydrogens is 254 g/mol. The molecular formula is C16H35NO3. The first-order valence-corrected chi connectivity index (χ1v) is 7.85. The van der Waals surface area contributed by atoms with E-state index < -0.39 is 0 Å². The molecule has 0 saturated heterocycles. The molecule has 4 heteroatoms. The van der Waals surface area contributed by atoms with Crippen molar-refractivity contribution < 1.29 is 14.6 Å². The van der Waals surface area contributed by atoms with E-state index in [2.05, 4.69) is 26.1 Å². The average molecular weight is 289 g/mol. The number of aliphatic hydroxyl groups is 1. The lowest BCUT2D eigenvalue weighted by Crippen LogP contribution is -2.51. The molecule has 2 N–H and O–H groups in total.